The van der Waals surface area contributed by atoms with E-state index < -0.39 is 0 Å². The molecule has 0 aliphatic carbocycles. The van der Waals surface area contributed by atoms with Gasteiger partial charge in [-0.05, 0) is 35.7 Å². The first-order chi connectivity index (χ1) is 12.6. The number of rotatable bonds is 4. The lowest BCUT2D eigenvalue weighted by molar-refractivity contribution is -0.114. The number of benzene rings is 1. The Balaban J connectivity index is 2.00. The van der Waals surface area contributed by atoms with Crippen molar-refractivity contribution in [1.29, 1.82) is 0 Å². The Morgan fingerprint density at radius 3 is 2.92 bits per heavy atom. The van der Waals surface area contributed by atoms with E-state index in [1.54, 1.807) is 23.5 Å². The number of carbonyl (C=O) groups is 2. The number of aromatic nitrogens is 1. The molecule has 0 spiro atoms. The zero-order chi connectivity index (χ0) is 18.5. The predicted molar refractivity (Wildman–Crippen MR) is 107 cm³/mol. The molecule has 3 aromatic rings. The number of hydrogen-bond donors (Lipinski definition) is 1. The van der Waals surface area contributed by atoms with Crippen molar-refractivity contribution in [3.05, 3.63) is 51.5 Å². The third kappa shape index (κ3) is 4.17. The van der Waals surface area contributed by atoms with Crippen LogP contribution >= 0.6 is 22.7 Å². The molecule has 0 bridgehead atoms. The predicted octanol–water partition coefficient (Wildman–Crippen LogP) is 3.50. The van der Waals surface area contributed by atoms with Crippen LogP contribution in [-0.2, 0) is 16.1 Å². The molecule has 5 nitrogen and oxygen atoms in total. The van der Waals surface area contributed by atoms with Gasteiger partial charge in [-0.15, -0.1) is 17.8 Å². The molecule has 0 fully saturated rings. The summed E-state index contributed by atoms with van der Waals surface area (Å²) in [6, 6.07) is 9.35. The quantitative estimate of drug-likeness (QED) is 0.555. The Morgan fingerprint density at radius 1 is 1.38 bits per heavy atom. The fourth-order valence-corrected chi connectivity index (χ4v) is 4.05. The maximum absolute atomic E-state index is 12.2. The van der Waals surface area contributed by atoms with Gasteiger partial charge in [-0.3, -0.25) is 9.59 Å². The zero-order valence-electron chi connectivity index (χ0n) is 13.9. The second-order valence-corrected chi connectivity index (χ2v) is 7.33. The van der Waals surface area contributed by atoms with Crippen molar-refractivity contribution in [3.8, 4) is 12.3 Å². The molecule has 3 rings (SSSR count). The van der Waals surface area contributed by atoms with Gasteiger partial charge in [0.25, 0.3) is 5.91 Å². The monoisotopic (exact) mass is 381 g/mol. The number of nitrogens with one attached hydrogen (secondary N) is 1. The number of carbonyl (C=O) groups excluding carboxylic acids is 2. The van der Waals surface area contributed by atoms with Gasteiger partial charge in [0.05, 0.1) is 16.8 Å². The summed E-state index contributed by atoms with van der Waals surface area (Å²) < 4.78 is 2.70. The van der Waals surface area contributed by atoms with E-state index in [2.05, 4.69) is 16.2 Å². The highest BCUT2D eigenvalue weighted by Gasteiger charge is 2.08. The second kappa shape index (κ2) is 7.95. The van der Waals surface area contributed by atoms with Crippen LogP contribution in [0.3, 0.4) is 0 Å². The van der Waals surface area contributed by atoms with Crippen LogP contribution in [0.5, 0.6) is 0 Å². The molecule has 0 unspecified atom stereocenters. The summed E-state index contributed by atoms with van der Waals surface area (Å²) in [6.07, 6.45) is 8.65. The van der Waals surface area contributed by atoms with Crippen LogP contribution < -0.4 is 10.1 Å². The highest BCUT2D eigenvalue weighted by molar-refractivity contribution is 7.16. The van der Waals surface area contributed by atoms with Crippen molar-refractivity contribution in [2.24, 2.45) is 4.99 Å². The van der Waals surface area contributed by atoms with E-state index in [4.69, 9.17) is 6.42 Å². The van der Waals surface area contributed by atoms with Crippen molar-refractivity contribution < 1.29 is 9.59 Å². The minimum Gasteiger partial charge on any atom is -0.326 e. The fourth-order valence-electron chi connectivity index (χ4n) is 2.35. The van der Waals surface area contributed by atoms with Crippen molar-refractivity contribution in [3.63, 3.8) is 0 Å². The fraction of sp³-hybridized carbons (Fsp3) is 0.105. The van der Waals surface area contributed by atoms with Crippen LogP contribution in [0, 0.1) is 12.3 Å². The smallest absolute Gasteiger partial charge is 0.272 e. The van der Waals surface area contributed by atoms with E-state index in [1.807, 2.05) is 34.2 Å². The summed E-state index contributed by atoms with van der Waals surface area (Å²) >= 11 is 2.90. The van der Waals surface area contributed by atoms with Gasteiger partial charge in [-0.2, -0.15) is 4.99 Å². The minimum atomic E-state index is -0.349. The SMILES string of the molecule is C#CCn1c(=NC(=O)/C=C/c2cccs2)sc2cc(NC(C)=O)ccc21. The number of thiophene rings is 1. The van der Waals surface area contributed by atoms with Gasteiger partial charge < -0.3 is 9.88 Å². The van der Waals surface area contributed by atoms with Gasteiger partial charge in [0.1, 0.15) is 0 Å². The molecule has 1 aromatic carbocycles. The first-order valence-electron chi connectivity index (χ1n) is 7.71. The Kier molecular flexibility index (Phi) is 5.46. The molecule has 7 heteroatoms. The Labute approximate surface area is 158 Å². The van der Waals surface area contributed by atoms with Crippen LogP contribution in [0.1, 0.15) is 11.8 Å². The van der Waals surface area contributed by atoms with Gasteiger partial charge in [-0.1, -0.05) is 23.3 Å². The maximum Gasteiger partial charge on any atom is 0.272 e. The van der Waals surface area contributed by atoms with E-state index in [-0.39, 0.29) is 11.8 Å². The summed E-state index contributed by atoms with van der Waals surface area (Å²) in [5.41, 5.74) is 1.56. The third-order valence-corrected chi connectivity index (χ3v) is 5.27. The first kappa shape index (κ1) is 17.9. The number of thiazole rings is 1. The molecule has 0 radical (unpaired) electrons. The van der Waals surface area contributed by atoms with Gasteiger partial charge in [0.2, 0.25) is 5.91 Å². The Hall–Kier alpha value is -2.95. The summed E-state index contributed by atoms with van der Waals surface area (Å²) in [4.78, 5) is 29.1. The lowest BCUT2D eigenvalue weighted by atomic mass is 10.3. The van der Waals surface area contributed by atoms with Crippen LogP contribution in [0.15, 0.2) is 46.8 Å². The van der Waals surface area contributed by atoms with Gasteiger partial charge in [0, 0.05) is 23.6 Å². The summed E-state index contributed by atoms with van der Waals surface area (Å²) in [5.74, 6) is 2.10. The average molecular weight is 381 g/mol. The second-order valence-electron chi connectivity index (χ2n) is 5.34. The van der Waals surface area contributed by atoms with Crippen molar-refractivity contribution in [1.82, 2.24) is 4.57 Å². The van der Waals surface area contributed by atoms with E-state index in [1.165, 1.54) is 24.3 Å². The molecular formula is C19H15N3O2S2. The standard InChI is InChI=1S/C19H15N3O2S2/c1-3-10-22-16-8-6-14(20-13(2)23)12-17(16)26-19(22)21-18(24)9-7-15-5-4-11-25-15/h1,4-9,11-12H,10H2,2H3,(H,20,23)/b9-7+,21-19?. The first-order valence-corrected chi connectivity index (χ1v) is 9.41. The Morgan fingerprint density at radius 2 is 2.23 bits per heavy atom. The van der Waals surface area contributed by atoms with Gasteiger partial charge in [0.15, 0.2) is 4.80 Å². The summed E-state index contributed by atoms with van der Waals surface area (Å²) in [5, 5.41) is 4.69. The molecule has 0 aliphatic heterocycles. The van der Waals surface area contributed by atoms with Crippen LogP contribution in [0.25, 0.3) is 16.3 Å². The molecular weight excluding hydrogens is 366 g/mol. The largest absolute Gasteiger partial charge is 0.326 e. The topological polar surface area (TPSA) is 63.5 Å². The molecule has 130 valence electrons. The molecule has 0 saturated carbocycles. The molecule has 0 saturated heterocycles. The molecule has 26 heavy (non-hydrogen) atoms. The molecule has 2 amide bonds. The Bertz CT molecular complexity index is 1100. The molecule has 2 heterocycles. The maximum atomic E-state index is 12.2. The van der Waals surface area contributed by atoms with Crippen LogP contribution in [0.2, 0.25) is 0 Å². The number of amides is 2. The van der Waals surface area contributed by atoms with E-state index >= 15 is 0 Å². The highest BCUT2D eigenvalue weighted by atomic mass is 32.1. The molecule has 2 aromatic heterocycles. The van der Waals surface area contributed by atoms with Gasteiger partial charge >= 0.3 is 0 Å². The van der Waals surface area contributed by atoms with Crippen molar-refractivity contribution in [2.45, 2.75) is 13.5 Å². The van der Waals surface area contributed by atoms with Crippen LogP contribution in [0.4, 0.5) is 5.69 Å². The van der Waals surface area contributed by atoms with E-state index in [0.717, 1.165) is 15.1 Å². The zero-order valence-corrected chi connectivity index (χ0v) is 15.6. The lowest BCUT2D eigenvalue weighted by Crippen LogP contribution is -2.15. The normalized spacial score (nSPS) is 11.8. The number of fused-ring (bicyclic) bond motifs is 1. The molecule has 1 N–H and O–H groups in total. The molecule has 0 atom stereocenters. The average Bonchev–Trinajstić information content (AvgIpc) is 3.21. The summed E-state index contributed by atoms with van der Waals surface area (Å²) in [6.45, 7) is 1.76. The lowest BCUT2D eigenvalue weighted by Gasteiger charge is -2.03. The third-order valence-electron chi connectivity index (χ3n) is 3.39. The van der Waals surface area contributed by atoms with Crippen LogP contribution in [-0.4, -0.2) is 16.4 Å². The summed E-state index contributed by atoms with van der Waals surface area (Å²) in [7, 11) is 0. The van der Waals surface area contributed by atoms with E-state index in [0.29, 0.717) is 17.0 Å². The number of anilines is 1. The molecule has 0 aliphatic rings. The number of nitrogens with zero attached hydrogens (tertiary/aromatic N) is 2. The van der Waals surface area contributed by atoms with E-state index in [9.17, 15) is 9.59 Å². The highest BCUT2D eigenvalue weighted by Crippen LogP contribution is 2.22. The van der Waals surface area contributed by atoms with Gasteiger partial charge in [-0.25, -0.2) is 0 Å². The van der Waals surface area contributed by atoms with Crippen molar-refractivity contribution in [2.75, 3.05) is 5.32 Å². The number of terminal acetylenes is 1. The minimum absolute atomic E-state index is 0.142. The van der Waals surface area contributed by atoms with Crippen molar-refractivity contribution >= 4 is 56.5 Å². The number of hydrogen-bond acceptors (Lipinski definition) is 4.